The number of halogens is 1. The van der Waals surface area contributed by atoms with Gasteiger partial charge in [0, 0.05) is 0 Å². The summed E-state index contributed by atoms with van der Waals surface area (Å²) in [5, 5.41) is 10.6. The van der Waals surface area contributed by atoms with Crippen LogP contribution in [-0.4, -0.2) is 5.97 Å². The lowest BCUT2D eigenvalue weighted by atomic mass is 9.97. The molecule has 1 rings (SSSR count). The summed E-state index contributed by atoms with van der Waals surface area (Å²) in [6.07, 6.45) is 0.452. The first kappa shape index (κ1) is 9.71. The van der Waals surface area contributed by atoms with Gasteiger partial charge >= 0.3 is 5.97 Å². The van der Waals surface area contributed by atoms with Gasteiger partial charge in [0.15, 0.2) is 0 Å². The number of rotatable bonds is 3. The van der Waals surface area contributed by atoms with Gasteiger partial charge in [0.05, 0.1) is 5.92 Å². The molecule has 1 radical (unpaired) electrons. The van der Waals surface area contributed by atoms with E-state index in [0.29, 0.717) is 12.0 Å². The molecule has 0 bridgehead atoms. The summed E-state index contributed by atoms with van der Waals surface area (Å²) in [6, 6.07) is 5.44. The highest BCUT2D eigenvalue weighted by molar-refractivity contribution is 5.75. The molecule has 3 heteroatoms. The van der Waals surface area contributed by atoms with E-state index in [2.05, 4.69) is 0 Å². The van der Waals surface area contributed by atoms with Crippen LogP contribution in [0.15, 0.2) is 24.3 Å². The molecule has 1 atom stereocenters. The van der Waals surface area contributed by atoms with Gasteiger partial charge in [-0.05, 0) is 24.1 Å². The highest BCUT2D eigenvalue weighted by Gasteiger charge is 2.18. The Bertz CT molecular complexity index is 292. The molecule has 0 aliphatic heterocycles. The fraction of sp³-hybridized carbons (Fsp3) is 0.300. The van der Waals surface area contributed by atoms with Crippen molar-refractivity contribution in [2.75, 3.05) is 0 Å². The number of benzene rings is 1. The van der Waals surface area contributed by atoms with E-state index in [1.807, 2.05) is 0 Å². The minimum atomic E-state index is -1.12. The van der Waals surface area contributed by atoms with Crippen LogP contribution >= 0.6 is 0 Å². The zero-order valence-electron chi connectivity index (χ0n) is 7.29. The second-order valence-corrected chi connectivity index (χ2v) is 2.83. The van der Waals surface area contributed by atoms with Crippen LogP contribution in [0.25, 0.3) is 0 Å². The SMILES string of the molecule is CCC(C([O])=O)c1ccc(F)cc1. The van der Waals surface area contributed by atoms with Crippen LogP contribution < -0.4 is 0 Å². The lowest BCUT2D eigenvalue weighted by Gasteiger charge is -2.07. The van der Waals surface area contributed by atoms with Crippen LogP contribution in [0.3, 0.4) is 0 Å². The van der Waals surface area contributed by atoms with E-state index in [-0.39, 0.29) is 5.82 Å². The van der Waals surface area contributed by atoms with Gasteiger partial charge < -0.3 is 0 Å². The van der Waals surface area contributed by atoms with Crippen LogP contribution in [-0.2, 0) is 9.90 Å². The van der Waals surface area contributed by atoms with Crippen molar-refractivity contribution in [3.8, 4) is 0 Å². The third kappa shape index (κ3) is 2.28. The first-order valence-electron chi connectivity index (χ1n) is 4.11. The fourth-order valence-corrected chi connectivity index (χ4v) is 1.23. The number of carbonyl (C=O) groups is 1. The van der Waals surface area contributed by atoms with Crippen LogP contribution in [0.2, 0.25) is 0 Å². The minimum absolute atomic E-state index is 0.364. The van der Waals surface area contributed by atoms with E-state index in [1.165, 1.54) is 24.3 Å². The fourth-order valence-electron chi connectivity index (χ4n) is 1.23. The number of carbonyl (C=O) groups excluding carboxylic acids is 1. The first-order chi connectivity index (χ1) is 6.15. The second-order valence-electron chi connectivity index (χ2n) is 2.83. The van der Waals surface area contributed by atoms with E-state index in [1.54, 1.807) is 6.92 Å². The predicted molar refractivity (Wildman–Crippen MR) is 45.1 cm³/mol. The van der Waals surface area contributed by atoms with Gasteiger partial charge in [-0.15, -0.1) is 0 Å². The zero-order valence-corrected chi connectivity index (χ0v) is 7.29. The van der Waals surface area contributed by atoms with Gasteiger partial charge in [-0.25, -0.2) is 14.3 Å². The van der Waals surface area contributed by atoms with Gasteiger partial charge in [0.2, 0.25) is 0 Å². The van der Waals surface area contributed by atoms with Gasteiger partial charge in [0.1, 0.15) is 5.82 Å². The van der Waals surface area contributed by atoms with Crippen LogP contribution in [0.1, 0.15) is 24.8 Å². The average molecular weight is 181 g/mol. The van der Waals surface area contributed by atoms with Gasteiger partial charge in [-0.2, -0.15) is 0 Å². The quantitative estimate of drug-likeness (QED) is 0.704. The molecule has 0 aliphatic rings. The molecule has 0 aromatic heterocycles. The molecule has 2 nitrogen and oxygen atoms in total. The predicted octanol–water partition coefficient (Wildman–Crippen LogP) is 2.28. The van der Waals surface area contributed by atoms with Crippen molar-refractivity contribution >= 4 is 5.97 Å². The monoisotopic (exact) mass is 181 g/mol. The molecule has 0 saturated carbocycles. The Hall–Kier alpha value is -1.38. The Morgan fingerprint density at radius 3 is 2.31 bits per heavy atom. The Balaban J connectivity index is 2.92. The molecule has 0 spiro atoms. The van der Waals surface area contributed by atoms with Crippen molar-refractivity contribution in [3.63, 3.8) is 0 Å². The molecule has 0 saturated heterocycles. The molecule has 1 unspecified atom stereocenters. The van der Waals surface area contributed by atoms with E-state index in [9.17, 15) is 14.3 Å². The molecule has 13 heavy (non-hydrogen) atoms. The van der Waals surface area contributed by atoms with Gasteiger partial charge in [-0.1, -0.05) is 19.1 Å². The second kappa shape index (κ2) is 4.03. The molecule has 0 fully saturated rings. The Morgan fingerprint density at radius 1 is 1.38 bits per heavy atom. The van der Waals surface area contributed by atoms with Crippen LogP contribution in [0.4, 0.5) is 4.39 Å². The normalized spacial score (nSPS) is 12.5. The van der Waals surface area contributed by atoms with Crippen molar-refractivity contribution in [1.82, 2.24) is 0 Å². The third-order valence-corrected chi connectivity index (χ3v) is 1.97. The van der Waals surface area contributed by atoms with E-state index >= 15 is 0 Å². The smallest absolute Gasteiger partial charge is 0.247 e. The minimum Gasteiger partial charge on any atom is -0.247 e. The number of hydrogen-bond donors (Lipinski definition) is 0. The summed E-state index contributed by atoms with van der Waals surface area (Å²) in [6.45, 7) is 1.75. The lowest BCUT2D eigenvalue weighted by Crippen LogP contribution is -2.08. The Labute approximate surface area is 76.0 Å². The van der Waals surface area contributed by atoms with Crippen molar-refractivity contribution in [3.05, 3.63) is 35.6 Å². The first-order valence-corrected chi connectivity index (χ1v) is 4.11. The van der Waals surface area contributed by atoms with E-state index in [0.717, 1.165) is 0 Å². The average Bonchev–Trinajstić information content (AvgIpc) is 2.09. The summed E-state index contributed by atoms with van der Waals surface area (Å²) >= 11 is 0. The lowest BCUT2D eigenvalue weighted by molar-refractivity contribution is -0.145. The van der Waals surface area contributed by atoms with E-state index < -0.39 is 11.9 Å². The van der Waals surface area contributed by atoms with Gasteiger partial charge in [0.25, 0.3) is 0 Å². The van der Waals surface area contributed by atoms with Crippen molar-refractivity contribution < 1.29 is 14.3 Å². The largest absolute Gasteiger partial charge is 0.362 e. The Morgan fingerprint density at radius 2 is 1.92 bits per heavy atom. The summed E-state index contributed by atoms with van der Waals surface area (Å²) in [4.78, 5) is 10.6. The summed E-state index contributed by atoms with van der Waals surface area (Å²) in [5.41, 5.74) is 0.587. The molecule has 0 amide bonds. The van der Waals surface area contributed by atoms with Crippen LogP contribution in [0, 0.1) is 5.82 Å². The highest BCUT2D eigenvalue weighted by Crippen LogP contribution is 2.19. The molecule has 0 N–H and O–H groups in total. The molecule has 0 aliphatic carbocycles. The molecule has 69 valence electrons. The van der Waals surface area contributed by atoms with Gasteiger partial charge in [-0.3, -0.25) is 0 Å². The molecular formula is C10H10FO2. The van der Waals surface area contributed by atoms with Crippen molar-refractivity contribution in [2.24, 2.45) is 0 Å². The molecule has 1 aromatic carbocycles. The Kier molecular flexibility index (Phi) is 3.01. The van der Waals surface area contributed by atoms with Crippen molar-refractivity contribution in [1.29, 1.82) is 0 Å². The summed E-state index contributed by atoms with van der Waals surface area (Å²) in [7, 11) is 0. The standard InChI is InChI=1S/C10H10FO2/c1-2-9(10(12)13)7-3-5-8(11)6-4-7/h3-6,9H,2H2,1H3. The number of hydrogen-bond acceptors (Lipinski definition) is 1. The topological polar surface area (TPSA) is 37.0 Å². The maximum Gasteiger partial charge on any atom is 0.362 e. The molecule has 1 aromatic rings. The highest BCUT2D eigenvalue weighted by atomic mass is 19.1. The third-order valence-electron chi connectivity index (χ3n) is 1.97. The maximum absolute atomic E-state index is 12.5. The van der Waals surface area contributed by atoms with Crippen molar-refractivity contribution in [2.45, 2.75) is 19.3 Å². The zero-order chi connectivity index (χ0) is 9.84. The summed E-state index contributed by atoms with van der Waals surface area (Å²) in [5.74, 6) is -2.12. The maximum atomic E-state index is 12.5. The summed E-state index contributed by atoms with van der Waals surface area (Å²) < 4.78 is 12.5. The van der Waals surface area contributed by atoms with E-state index in [4.69, 9.17) is 0 Å². The molecule has 0 heterocycles. The molecular weight excluding hydrogens is 171 g/mol. The van der Waals surface area contributed by atoms with Crippen LogP contribution in [0.5, 0.6) is 0 Å².